The van der Waals surface area contributed by atoms with Gasteiger partial charge in [-0.25, -0.2) is 0 Å². The lowest BCUT2D eigenvalue weighted by atomic mass is 10.1. The molecule has 0 spiro atoms. The second-order valence-corrected chi connectivity index (χ2v) is 3.17. The van der Waals surface area contributed by atoms with E-state index in [1.165, 1.54) is 12.0 Å². The van der Waals surface area contributed by atoms with Crippen LogP contribution in [0.25, 0.3) is 0 Å². The Bertz CT molecular complexity index is 282. The number of carbonyl (C=O) groups excluding carboxylic acids is 2. The van der Waals surface area contributed by atoms with E-state index in [4.69, 9.17) is 5.26 Å². The van der Waals surface area contributed by atoms with Crippen LogP contribution in [-0.2, 0) is 14.3 Å². The molecule has 0 aromatic heterocycles. The number of ether oxygens (including phenoxy) is 1. The van der Waals surface area contributed by atoms with Crippen molar-refractivity contribution in [3.63, 3.8) is 0 Å². The molecule has 5 nitrogen and oxygen atoms in total. The number of nitriles is 1. The minimum atomic E-state index is -0.355. The summed E-state index contributed by atoms with van der Waals surface area (Å²) in [6, 6.07) is 1.96. The summed E-state index contributed by atoms with van der Waals surface area (Å²) < 4.78 is 4.55. The number of nitrogens with zero attached hydrogens (tertiary/aromatic N) is 2. The van der Waals surface area contributed by atoms with E-state index in [2.05, 4.69) is 4.74 Å². The first-order valence-electron chi connectivity index (χ1n) is 4.41. The van der Waals surface area contributed by atoms with E-state index < -0.39 is 0 Å². The van der Waals surface area contributed by atoms with Crippen LogP contribution >= 0.6 is 0 Å². The highest BCUT2D eigenvalue weighted by molar-refractivity contribution is 5.86. The SMILES string of the molecule is COC(=O)C1CC(=O)N(CCC#N)C1. The molecule has 1 saturated heterocycles. The van der Waals surface area contributed by atoms with Crippen LogP contribution in [0, 0.1) is 17.2 Å². The van der Waals surface area contributed by atoms with E-state index in [1.54, 1.807) is 0 Å². The van der Waals surface area contributed by atoms with Crippen LogP contribution in [0.5, 0.6) is 0 Å². The Morgan fingerprint density at radius 1 is 1.79 bits per heavy atom. The van der Waals surface area contributed by atoms with E-state index in [9.17, 15) is 9.59 Å². The molecule has 1 aliphatic rings. The molecular formula is C9H12N2O3. The van der Waals surface area contributed by atoms with Gasteiger partial charge < -0.3 is 9.64 Å². The maximum absolute atomic E-state index is 11.3. The zero-order chi connectivity index (χ0) is 10.6. The molecule has 0 aromatic rings. The molecule has 1 heterocycles. The number of rotatable bonds is 3. The zero-order valence-corrected chi connectivity index (χ0v) is 8.02. The first kappa shape index (κ1) is 10.5. The first-order valence-corrected chi connectivity index (χ1v) is 4.41. The third-order valence-electron chi connectivity index (χ3n) is 2.24. The summed E-state index contributed by atoms with van der Waals surface area (Å²) in [6.07, 6.45) is 0.512. The van der Waals surface area contributed by atoms with Gasteiger partial charge in [0.1, 0.15) is 0 Å². The van der Waals surface area contributed by atoms with Gasteiger partial charge in [0, 0.05) is 19.5 Å². The maximum Gasteiger partial charge on any atom is 0.310 e. The van der Waals surface area contributed by atoms with Crippen LogP contribution in [0.2, 0.25) is 0 Å². The fourth-order valence-electron chi connectivity index (χ4n) is 1.50. The number of methoxy groups -OCH3 is 1. The summed E-state index contributed by atoms with van der Waals surface area (Å²) in [4.78, 5) is 24.0. The Morgan fingerprint density at radius 3 is 3.07 bits per heavy atom. The summed E-state index contributed by atoms with van der Waals surface area (Å²) in [5.41, 5.74) is 0. The highest BCUT2D eigenvalue weighted by Crippen LogP contribution is 2.18. The summed E-state index contributed by atoms with van der Waals surface area (Å²) in [5.74, 6) is -0.778. The Morgan fingerprint density at radius 2 is 2.50 bits per heavy atom. The van der Waals surface area contributed by atoms with Crippen molar-refractivity contribution >= 4 is 11.9 Å². The predicted octanol–water partition coefficient (Wildman–Crippen LogP) is -0.0784. The molecule has 76 valence electrons. The number of hydrogen-bond donors (Lipinski definition) is 0. The second kappa shape index (κ2) is 4.61. The van der Waals surface area contributed by atoms with Gasteiger partial charge in [0.2, 0.25) is 5.91 Å². The Labute approximate surface area is 82.2 Å². The number of esters is 1. The van der Waals surface area contributed by atoms with Crippen molar-refractivity contribution < 1.29 is 14.3 Å². The first-order chi connectivity index (χ1) is 6.69. The van der Waals surface area contributed by atoms with Gasteiger partial charge >= 0.3 is 5.97 Å². The van der Waals surface area contributed by atoms with E-state index in [0.29, 0.717) is 19.5 Å². The topological polar surface area (TPSA) is 70.4 Å². The molecular weight excluding hydrogens is 184 g/mol. The smallest absolute Gasteiger partial charge is 0.310 e. The van der Waals surface area contributed by atoms with Gasteiger partial charge in [-0.2, -0.15) is 5.26 Å². The number of hydrogen-bond acceptors (Lipinski definition) is 4. The molecule has 0 saturated carbocycles. The predicted molar refractivity (Wildman–Crippen MR) is 46.9 cm³/mol. The fraction of sp³-hybridized carbons (Fsp3) is 0.667. The molecule has 1 amide bonds. The van der Waals surface area contributed by atoms with Gasteiger partial charge in [-0.05, 0) is 0 Å². The maximum atomic E-state index is 11.3. The molecule has 1 aliphatic heterocycles. The van der Waals surface area contributed by atoms with Gasteiger partial charge in [0.25, 0.3) is 0 Å². The van der Waals surface area contributed by atoms with Crippen molar-refractivity contribution in [1.82, 2.24) is 4.90 Å². The normalized spacial score (nSPS) is 20.7. The van der Waals surface area contributed by atoms with Crippen LogP contribution in [0.3, 0.4) is 0 Å². The second-order valence-electron chi connectivity index (χ2n) is 3.17. The number of likely N-dealkylation sites (tertiary alicyclic amines) is 1. The summed E-state index contributed by atoms with van der Waals surface area (Å²) in [5, 5.41) is 8.35. The fourth-order valence-corrected chi connectivity index (χ4v) is 1.50. The van der Waals surface area contributed by atoms with E-state index in [-0.39, 0.29) is 24.2 Å². The zero-order valence-electron chi connectivity index (χ0n) is 8.02. The van der Waals surface area contributed by atoms with Crippen molar-refractivity contribution in [2.45, 2.75) is 12.8 Å². The quantitative estimate of drug-likeness (QED) is 0.592. The molecule has 0 bridgehead atoms. The van der Waals surface area contributed by atoms with Crippen molar-refractivity contribution in [3.05, 3.63) is 0 Å². The molecule has 1 atom stereocenters. The van der Waals surface area contributed by atoms with Crippen LogP contribution in [0.4, 0.5) is 0 Å². The van der Waals surface area contributed by atoms with Crippen LogP contribution in [0.15, 0.2) is 0 Å². The minimum Gasteiger partial charge on any atom is -0.469 e. The highest BCUT2D eigenvalue weighted by atomic mass is 16.5. The molecule has 0 N–H and O–H groups in total. The lowest BCUT2D eigenvalue weighted by Crippen LogP contribution is -2.27. The Kier molecular flexibility index (Phi) is 3.46. The minimum absolute atomic E-state index is 0.0735. The molecule has 14 heavy (non-hydrogen) atoms. The molecule has 1 rings (SSSR count). The summed E-state index contributed by atoms with van der Waals surface area (Å²) >= 11 is 0. The average molecular weight is 196 g/mol. The van der Waals surface area contributed by atoms with Crippen molar-refractivity contribution in [2.24, 2.45) is 5.92 Å². The summed E-state index contributed by atoms with van der Waals surface area (Å²) in [6.45, 7) is 0.788. The third kappa shape index (κ3) is 2.22. The van der Waals surface area contributed by atoms with Crippen LogP contribution in [0.1, 0.15) is 12.8 Å². The Balaban J connectivity index is 2.48. The lowest BCUT2D eigenvalue weighted by Gasteiger charge is -2.13. The van der Waals surface area contributed by atoms with Crippen LogP contribution in [-0.4, -0.2) is 37.0 Å². The van der Waals surface area contributed by atoms with Crippen molar-refractivity contribution in [3.8, 4) is 6.07 Å². The van der Waals surface area contributed by atoms with Crippen molar-refractivity contribution in [1.29, 1.82) is 5.26 Å². The monoisotopic (exact) mass is 196 g/mol. The van der Waals surface area contributed by atoms with E-state index in [1.807, 2.05) is 6.07 Å². The van der Waals surface area contributed by atoms with Gasteiger partial charge in [-0.15, -0.1) is 0 Å². The lowest BCUT2D eigenvalue weighted by molar-refractivity contribution is -0.145. The molecule has 0 aromatic carbocycles. The molecule has 1 fully saturated rings. The van der Waals surface area contributed by atoms with Gasteiger partial charge in [-0.1, -0.05) is 0 Å². The van der Waals surface area contributed by atoms with E-state index in [0.717, 1.165) is 0 Å². The van der Waals surface area contributed by atoms with Gasteiger partial charge in [0.05, 0.1) is 25.5 Å². The van der Waals surface area contributed by atoms with E-state index >= 15 is 0 Å². The Hall–Kier alpha value is -1.57. The largest absolute Gasteiger partial charge is 0.469 e. The van der Waals surface area contributed by atoms with Gasteiger partial charge in [0.15, 0.2) is 0 Å². The summed E-state index contributed by atoms with van der Waals surface area (Å²) in [7, 11) is 1.31. The third-order valence-corrected chi connectivity index (χ3v) is 2.24. The highest BCUT2D eigenvalue weighted by Gasteiger charge is 2.34. The standard InChI is InChI=1S/C9H12N2O3/c1-14-9(13)7-5-8(12)11(6-7)4-2-3-10/h7H,2,4-6H2,1H3. The molecule has 1 unspecified atom stereocenters. The number of carbonyl (C=O) groups is 2. The molecule has 0 radical (unpaired) electrons. The number of amides is 1. The van der Waals surface area contributed by atoms with Crippen molar-refractivity contribution in [2.75, 3.05) is 20.2 Å². The molecule has 0 aliphatic carbocycles. The van der Waals surface area contributed by atoms with Gasteiger partial charge in [-0.3, -0.25) is 9.59 Å². The molecule has 5 heteroatoms. The van der Waals surface area contributed by atoms with Crippen LogP contribution < -0.4 is 0 Å². The average Bonchev–Trinajstić information content (AvgIpc) is 2.56.